The Hall–Kier alpha value is -0.670. The monoisotopic (exact) mass is 309 g/mol. The molecule has 3 heteroatoms. The van der Waals surface area contributed by atoms with Gasteiger partial charge in [-0.3, -0.25) is 9.69 Å². The lowest BCUT2D eigenvalue weighted by atomic mass is 10.1. The highest BCUT2D eigenvalue weighted by Crippen LogP contribution is 2.20. The van der Waals surface area contributed by atoms with E-state index in [1.165, 1.54) is 19.3 Å². The fourth-order valence-corrected chi connectivity index (χ4v) is 3.10. The molecule has 0 aromatic heterocycles. The first-order valence-electron chi connectivity index (χ1n) is 6.73. The largest absolute Gasteiger partial charge is 0.300 e. The smallest absolute Gasteiger partial charge is 0.164 e. The molecule has 1 fully saturated rings. The summed E-state index contributed by atoms with van der Waals surface area (Å²) in [5.41, 5.74) is 0.816. The second-order valence-corrected chi connectivity index (χ2v) is 5.84. The molecule has 18 heavy (non-hydrogen) atoms. The van der Waals surface area contributed by atoms with Crippen molar-refractivity contribution in [3.63, 3.8) is 0 Å². The van der Waals surface area contributed by atoms with E-state index in [1.54, 1.807) is 0 Å². The molecule has 1 saturated heterocycles. The zero-order chi connectivity index (χ0) is 13.0. The molecule has 1 unspecified atom stereocenters. The van der Waals surface area contributed by atoms with Gasteiger partial charge in [-0.05, 0) is 37.9 Å². The molecule has 0 saturated carbocycles. The summed E-state index contributed by atoms with van der Waals surface area (Å²) >= 11 is 3.41. The van der Waals surface area contributed by atoms with Gasteiger partial charge in [0.2, 0.25) is 0 Å². The van der Waals surface area contributed by atoms with Crippen LogP contribution in [0.15, 0.2) is 28.7 Å². The van der Waals surface area contributed by atoms with Gasteiger partial charge in [0.1, 0.15) is 0 Å². The van der Waals surface area contributed by atoms with E-state index in [0.29, 0.717) is 12.5 Å². The number of hydrogen-bond acceptors (Lipinski definition) is 2. The summed E-state index contributed by atoms with van der Waals surface area (Å²) in [5, 5.41) is 0. The van der Waals surface area contributed by atoms with Crippen LogP contribution in [-0.2, 0) is 0 Å². The highest BCUT2D eigenvalue weighted by molar-refractivity contribution is 9.10. The lowest BCUT2D eigenvalue weighted by Crippen LogP contribution is -2.30. The van der Waals surface area contributed by atoms with Crippen LogP contribution in [0.1, 0.15) is 43.0 Å². The number of likely N-dealkylation sites (tertiary alicyclic amines) is 1. The molecule has 1 atom stereocenters. The number of hydrogen-bond donors (Lipinski definition) is 0. The summed E-state index contributed by atoms with van der Waals surface area (Å²) in [6.45, 7) is 4.30. The first-order chi connectivity index (χ1) is 8.70. The number of ketones is 1. The number of halogens is 1. The van der Waals surface area contributed by atoms with Gasteiger partial charge < -0.3 is 0 Å². The molecule has 98 valence electrons. The Morgan fingerprint density at radius 2 is 2.33 bits per heavy atom. The Bertz CT molecular complexity index is 419. The Kier molecular flexibility index (Phi) is 4.95. The third kappa shape index (κ3) is 3.42. The van der Waals surface area contributed by atoms with Gasteiger partial charge in [-0.25, -0.2) is 0 Å². The van der Waals surface area contributed by atoms with Crippen LogP contribution in [0.4, 0.5) is 0 Å². The van der Waals surface area contributed by atoms with Crippen molar-refractivity contribution in [3.05, 3.63) is 34.3 Å². The first-order valence-corrected chi connectivity index (χ1v) is 7.53. The van der Waals surface area contributed by atoms with Crippen molar-refractivity contribution in [1.29, 1.82) is 0 Å². The maximum absolute atomic E-state index is 12.1. The zero-order valence-corrected chi connectivity index (χ0v) is 12.4. The fourth-order valence-electron chi connectivity index (χ4n) is 2.70. The average molecular weight is 310 g/mol. The number of benzene rings is 1. The average Bonchev–Trinajstić information content (AvgIpc) is 2.83. The van der Waals surface area contributed by atoms with Gasteiger partial charge in [-0.2, -0.15) is 0 Å². The third-order valence-corrected chi connectivity index (χ3v) is 4.24. The number of carbonyl (C=O) groups excluding carboxylic acids is 1. The molecule has 1 aromatic carbocycles. The quantitative estimate of drug-likeness (QED) is 0.769. The van der Waals surface area contributed by atoms with Crippen LogP contribution in [0.25, 0.3) is 0 Å². The fraction of sp³-hybridized carbons (Fsp3) is 0.533. The van der Waals surface area contributed by atoms with Crippen molar-refractivity contribution in [2.75, 3.05) is 13.1 Å². The zero-order valence-electron chi connectivity index (χ0n) is 10.9. The summed E-state index contributed by atoms with van der Waals surface area (Å²) in [5.74, 6) is 0.248. The molecule has 0 radical (unpaired) electrons. The number of nitrogens with zero attached hydrogens (tertiary/aromatic N) is 1. The van der Waals surface area contributed by atoms with Crippen LogP contribution in [0.5, 0.6) is 0 Å². The van der Waals surface area contributed by atoms with Gasteiger partial charge in [-0.15, -0.1) is 0 Å². The number of rotatable bonds is 5. The second kappa shape index (κ2) is 6.48. The molecule has 0 aliphatic carbocycles. The lowest BCUT2D eigenvalue weighted by molar-refractivity contribution is 0.0960. The van der Waals surface area contributed by atoms with Crippen molar-refractivity contribution in [2.24, 2.45) is 0 Å². The predicted octanol–water partition coefficient (Wildman–Crippen LogP) is 3.90. The Morgan fingerprint density at radius 1 is 1.50 bits per heavy atom. The van der Waals surface area contributed by atoms with Gasteiger partial charge in [0.05, 0.1) is 0 Å². The summed E-state index contributed by atoms with van der Waals surface area (Å²) in [6, 6.07) is 8.37. The molecular formula is C15H20BrNO. The molecule has 1 aliphatic heterocycles. The molecule has 2 nitrogen and oxygen atoms in total. The normalized spacial score (nSPS) is 20.2. The van der Waals surface area contributed by atoms with Crippen LogP contribution in [0, 0.1) is 0 Å². The van der Waals surface area contributed by atoms with Crippen LogP contribution in [0.3, 0.4) is 0 Å². The van der Waals surface area contributed by atoms with E-state index in [4.69, 9.17) is 0 Å². The summed E-state index contributed by atoms with van der Waals surface area (Å²) in [7, 11) is 0. The molecule has 2 rings (SSSR count). The molecule has 0 bridgehead atoms. The van der Waals surface area contributed by atoms with Gasteiger partial charge in [0.15, 0.2) is 5.78 Å². The molecule has 1 aromatic rings. The predicted molar refractivity (Wildman–Crippen MR) is 78.0 cm³/mol. The lowest BCUT2D eigenvalue weighted by Gasteiger charge is -2.22. The van der Waals surface area contributed by atoms with E-state index >= 15 is 0 Å². The molecule has 0 amide bonds. The number of Topliss-reactive ketones (excluding diaryl/α,β-unsaturated/α-hetero) is 1. The molecule has 0 N–H and O–H groups in total. The van der Waals surface area contributed by atoms with E-state index < -0.39 is 0 Å². The number of carbonyl (C=O) groups is 1. The molecular weight excluding hydrogens is 290 g/mol. The van der Waals surface area contributed by atoms with E-state index in [-0.39, 0.29) is 5.78 Å². The van der Waals surface area contributed by atoms with Crippen LogP contribution >= 0.6 is 15.9 Å². The first kappa shape index (κ1) is 13.8. The van der Waals surface area contributed by atoms with Gasteiger partial charge in [0, 0.05) is 29.0 Å². The van der Waals surface area contributed by atoms with E-state index in [1.807, 2.05) is 24.3 Å². The maximum Gasteiger partial charge on any atom is 0.164 e. The molecule has 1 aliphatic rings. The highest BCUT2D eigenvalue weighted by Gasteiger charge is 2.22. The van der Waals surface area contributed by atoms with E-state index in [0.717, 1.165) is 23.1 Å². The summed E-state index contributed by atoms with van der Waals surface area (Å²) in [4.78, 5) is 14.6. The maximum atomic E-state index is 12.1. The van der Waals surface area contributed by atoms with E-state index in [9.17, 15) is 4.79 Å². The molecule has 1 heterocycles. The minimum atomic E-state index is 0.248. The topological polar surface area (TPSA) is 20.3 Å². The SMILES string of the molecule is CCC1CCCN1CCC(=O)c1cccc(Br)c1. The Labute approximate surface area is 117 Å². The van der Waals surface area contributed by atoms with E-state index in [2.05, 4.69) is 27.8 Å². The molecule has 0 spiro atoms. The van der Waals surface area contributed by atoms with Crippen LogP contribution in [-0.4, -0.2) is 29.8 Å². The van der Waals surface area contributed by atoms with Crippen LogP contribution in [0.2, 0.25) is 0 Å². The second-order valence-electron chi connectivity index (χ2n) is 4.92. The highest BCUT2D eigenvalue weighted by atomic mass is 79.9. The summed E-state index contributed by atoms with van der Waals surface area (Å²) < 4.78 is 0.973. The Morgan fingerprint density at radius 3 is 3.06 bits per heavy atom. The third-order valence-electron chi connectivity index (χ3n) is 3.74. The van der Waals surface area contributed by atoms with Crippen molar-refractivity contribution < 1.29 is 4.79 Å². The standard InChI is InChI=1S/C15H20BrNO/c1-2-14-7-4-9-17(14)10-8-15(18)12-5-3-6-13(16)11-12/h3,5-6,11,14H,2,4,7-10H2,1H3. The van der Waals surface area contributed by atoms with Crippen molar-refractivity contribution >= 4 is 21.7 Å². The minimum Gasteiger partial charge on any atom is -0.300 e. The van der Waals surface area contributed by atoms with Crippen molar-refractivity contribution in [3.8, 4) is 0 Å². The minimum absolute atomic E-state index is 0.248. The van der Waals surface area contributed by atoms with Gasteiger partial charge in [0.25, 0.3) is 0 Å². The van der Waals surface area contributed by atoms with Crippen LogP contribution < -0.4 is 0 Å². The summed E-state index contributed by atoms with van der Waals surface area (Å²) in [6.07, 6.45) is 4.41. The van der Waals surface area contributed by atoms with Crippen molar-refractivity contribution in [1.82, 2.24) is 4.90 Å². The van der Waals surface area contributed by atoms with Crippen molar-refractivity contribution in [2.45, 2.75) is 38.6 Å². The van der Waals surface area contributed by atoms with Gasteiger partial charge in [-0.1, -0.05) is 35.0 Å². The Balaban J connectivity index is 1.88. The van der Waals surface area contributed by atoms with Gasteiger partial charge >= 0.3 is 0 Å².